The van der Waals surface area contributed by atoms with Gasteiger partial charge in [0.1, 0.15) is 5.82 Å². The van der Waals surface area contributed by atoms with Crippen molar-refractivity contribution in [2.45, 2.75) is 39.2 Å². The smallest absolute Gasteiger partial charge is 0.251 e. The van der Waals surface area contributed by atoms with E-state index >= 15 is 0 Å². The van der Waals surface area contributed by atoms with Crippen molar-refractivity contribution in [1.82, 2.24) is 0 Å². The molecule has 3 N–H and O–H groups in total. The van der Waals surface area contributed by atoms with Gasteiger partial charge in [0, 0.05) is 11.7 Å². The van der Waals surface area contributed by atoms with Crippen LogP contribution in [0.2, 0.25) is 0 Å². The Morgan fingerprint density at radius 3 is 2.79 bits per heavy atom. The fourth-order valence-corrected chi connectivity index (χ4v) is 2.80. The van der Waals surface area contributed by atoms with Crippen LogP contribution in [0.4, 0.5) is 10.1 Å². The summed E-state index contributed by atoms with van der Waals surface area (Å²) in [5, 5.41) is 3.41. The number of hydrogen-bond acceptors (Lipinski definition) is 2. The van der Waals surface area contributed by atoms with Crippen LogP contribution >= 0.6 is 0 Å². The summed E-state index contributed by atoms with van der Waals surface area (Å²) in [7, 11) is 0. The van der Waals surface area contributed by atoms with E-state index in [1.807, 2.05) is 0 Å². The Morgan fingerprint density at radius 2 is 2.11 bits per heavy atom. The molecule has 0 aromatic heterocycles. The van der Waals surface area contributed by atoms with E-state index in [1.54, 1.807) is 6.07 Å². The highest BCUT2D eigenvalue weighted by Gasteiger charge is 2.27. The van der Waals surface area contributed by atoms with Crippen LogP contribution in [0.5, 0.6) is 0 Å². The molecule has 0 saturated heterocycles. The van der Waals surface area contributed by atoms with Crippen molar-refractivity contribution in [3.8, 4) is 0 Å². The molecule has 1 fully saturated rings. The SMILES string of the molecule is CC1CCCC(Nc2ccc(F)c(C(N)=O)c2)C1C. The molecule has 1 aromatic carbocycles. The first-order valence-electron chi connectivity index (χ1n) is 6.85. The average Bonchev–Trinajstić information content (AvgIpc) is 2.37. The zero-order chi connectivity index (χ0) is 14.0. The van der Waals surface area contributed by atoms with Crippen LogP contribution in [-0.2, 0) is 0 Å². The fraction of sp³-hybridized carbons (Fsp3) is 0.533. The van der Waals surface area contributed by atoms with E-state index in [1.165, 1.54) is 25.0 Å². The van der Waals surface area contributed by atoms with Crippen LogP contribution in [0.3, 0.4) is 0 Å². The molecule has 3 nitrogen and oxygen atoms in total. The number of hydrogen-bond donors (Lipinski definition) is 2. The minimum atomic E-state index is -0.730. The normalized spacial score (nSPS) is 27.0. The number of halogens is 1. The molecule has 2 rings (SSSR count). The first kappa shape index (κ1) is 13.8. The molecule has 3 unspecified atom stereocenters. The monoisotopic (exact) mass is 264 g/mol. The van der Waals surface area contributed by atoms with Crippen molar-refractivity contribution < 1.29 is 9.18 Å². The molecule has 0 radical (unpaired) electrons. The van der Waals surface area contributed by atoms with Gasteiger partial charge >= 0.3 is 0 Å². The molecule has 19 heavy (non-hydrogen) atoms. The number of carbonyl (C=O) groups is 1. The van der Waals surface area contributed by atoms with Gasteiger partial charge in [0.25, 0.3) is 5.91 Å². The minimum Gasteiger partial charge on any atom is -0.382 e. The maximum Gasteiger partial charge on any atom is 0.251 e. The summed E-state index contributed by atoms with van der Waals surface area (Å²) in [4.78, 5) is 11.1. The second-order valence-electron chi connectivity index (χ2n) is 5.58. The minimum absolute atomic E-state index is 0.0542. The Bertz CT molecular complexity index is 475. The van der Waals surface area contributed by atoms with Crippen molar-refractivity contribution in [2.24, 2.45) is 17.6 Å². The van der Waals surface area contributed by atoms with Crippen LogP contribution in [0.15, 0.2) is 18.2 Å². The summed E-state index contributed by atoms with van der Waals surface area (Å²) in [5.74, 6) is -0.0486. The third kappa shape index (κ3) is 3.06. The second kappa shape index (κ2) is 5.59. The molecule has 1 amide bonds. The summed E-state index contributed by atoms with van der Waals surface area (Å²) in [5.41, 5.74) is 5.87. The van der Waals surface area contributed by atoms with Crippen molar-refractivity contribution in [1.29, 1.82) is 0 Å². The first-order valence-corrected chi connectivity index (χ1v) is 6.85. The van der Waals surface area contributed by atoms with Crippen LogP contribution in [0.1, 0.15) is 43.5 Å². The van der Waals surface area contributed by atoms with Gasteiger partial charge in [0.15, 0.2) is 0 Å². The van der Waals surface area contributed by atoms with Gasteiger partial charge in [-0.2, -0.15) is 0 Å². The number of nitrogens with two attached hydrogens (primary N) is 1. The molecule has 3 atom stereocenters. The number of rotatable bonds is 3. The molecule has 0 aliphatic heterocycles. The Hall–Kier alpha value is -1.58. The van der Waals surface area contributed by atoms with Gasteiger partial charge in [-0.3, -0.25) is 4.79 Å². The van der Waals surface area contributed by atoms with Gasteiger partial charge in [-0.25, -0.2) is 4.39 Å². The Kier molecular flexibility index (Phi) is 4.08. The largest absolute Gasteiger partial charge is 0.382 e. The standard InChI is InChI=1S/C15H21FN2O/c1-9-4-3-5-14(10(9)2)18-11-6-7-13(16)12(8-11)15(17)19/h6-10,14,18H,3-5H2,1-2H3,(H2,17,19). The van der Waals surface area contributed by atoms with E-state index in [4.69, 9.17) is 5.73 Å². The Balaban J connectivity index is 2.15. The molecular formula is C15H21FN2O. The molecule has 0 spiro atoms. The summed E-state index contributed by atoms with van der Waals surface area (Å²) >= 11 is 0. The summed E-state index contributed by atoms with van der Waals surface area (Å²) in [6.07, 6.45) is 3.57. The third-order valence-corrected chi connectivity index (χ3v) is 4.29. The van der Waals surface area contributed by atoms with Gasteiger partial charge in [-0.05, 0) is 36.5 Å². The van der Waals surface area contributed by atoms with Crippen molar-refractivity contribution in [3.05, 3.63) is 29.6 Å². The second-order valence-corrected chi connectivity index (χ2v) is 5.58. The quantitative estimate of drug-likeness (QED) is 0.881. The molecule has 1 saturated carbocycles. The number of nitrogens with one attached hydrogen (secondary N) is 1. The number of amides is 1. The van der Waals surface area contributed by atoms with E-state index in [-0.39, 0.29) is 5.56 Å². The molecule has 0 bridgehead atoms. The molecule has 1 aliphatic carbocycles. The number of carbonyl (C=O) groups excluding carboxylic acids is 1. The molecular weight excluding hydrogens is 243 g/mol. The van der Waals surface area contributed by atoms with Crippen molar-refractivity contribution >= 4 is 11.6 Å². The fourth-order valence-electron chi connectivity index (χ4n) is 2.80. The van der Waals surface area contributed by atoms with Crippen molar-refractivity contribution in [2.75, 3.05) is 5.32 Å². The lowest BCUT2D eigenvalue weighted by atomic mass is 9.78. The van der Waals surface area contributed by atoms with Gasteiger partial charge in [-0.1, -0.05) is 26.7 Å². The highest BCUT2D eigenvalue weighted by Crippen LogP contribution is 2.31. The first-order chi connectivity index (χ1) is 8.99. The van der Waals surface area contributed by atoms with Crippen LogP contribution < -0.4 is 11.1 Å². The topological polar surface area (TPSA) is 55.1 Å². The van der Waals surface area contributed by atoms with E-state index in [0.717, 1.165) is 12.1 Å². The Labute approximate surface area is 113 Å². The van der Waals surface area contributed by atoms with Gasteiger partial charge < -0.3 is 11.1 Å². The lowest BCUT2D eigenvalue weighted by Crippen LogP contribution is -2.35. The number of primary amides is 1. The third-order valence-electron chi connectivity index (χ3n) is 4.29. The molecule has 1 aromatic rings. The molecule has 4 heteroatoms. The van der Waals surface area contributed by atoms with Crippen LogP contribution in [-0.4, -0.2) is 11.9 Å². The summed E-state index contributed by atoms with van der Waals surface area (Å²) in [6, 6.07) is 4.83. The van der Waals surface area contributed by atoms with Gasteiger partial charge in [0.2, 0.25) is 0 Å². The summed E-state index contributed by atoms with van der Waals surface area (Å²) in [6.45, 7) is 4.50. The maximum absolute atomic E-state index is 13.4. The summed E-state index contributed by atoms with van der Waals surface area (Å²) < 4.78 is 13.4. The zero-order valence-electron chi connectivity index (χ0n) is 11.4. The van der Waals surface area contributed by atoms with Crippen LogP contribution in [0, 0.1) is 17.7 Å². The average molecular weight is 264 g/mol. The van der Waals surface area contributed by atoms with E-state index in [2.05, 4.69) is 19.2 Å². The lowest BCUT2D eigenvalue weighted by molar-refractivity contribution is 0.0996. The van der Waals surface area contributed by atoms with Gasteiger partial charge in [-0.15, -0.1) is 0 Å². The van der Waals surface area contributed by atoms with Gasteiger partial charge in [0.05, 0.1) is 5.56 Å². The zero-order valence-corrected chi connectivity index (χ0v) is 11.4. The van der Waals surface area contributed by atoms with E-state index in [0.29, 0.717) is 17.9 Å². The predicted molar refractivity (Wildman–Crippen MR) is 74.5 cm³/mol. The predicted octanol–water partition coefficient (Wildman–Crippen LogP) is 3.16. The van der Waals surface area contributed by atoms with Crippen molar-refractivity contribution in [3.63, 3.8) is 0 Å². The lowest BCUT2D eigenvalue weighted by Gasteiger charge is -2.35. The number of benzene rings is 1. The van der Waals surface area contributed by atoms with E-state index in [9.17, 15) is 9.18 Å². The molecule has 0 heterocycles. The maximum atomic E-state index is 13.4. The van der Waals surface area contributed by atoms with Crippen LogP contribution in [0.25, 0.3) is 0 Å². The molecule has 1 aliphatic rings. The number of anilines is 1. The Morgan fingerprint density at radius 1 is 1.37 bits per heavy atom. The molecule has 104 valence electrons. The van der Waals surface area contributed by atoms with E-state index < -0.39 is 11.7 Å². The highest BCUT2D eigenvalue weighted by molar-refractivity contribution is 5.94. The highest BCUT2D eigenvalue weighted by atomic mass is 19.1.